The predicted octanol–water partition coefficient (Wildman–Crippen LogP) is 12.0. The molecule has 60 heavy (non-hydrogen) atoms. The Labute approximate surface area is 374 Å². The summed E-state index contributed by atoms with van der Waals surface area (Å²) in [6, 6.07) is 84.5. The third-order valence-electron chi connectivity index (χ3n) is 8.66. The Hall–Kier alpha value is -4.97. The summed E-state index contributed by atoms with van der Waals surface area (Å²) in [6.45, 7) is 3.92. The Balaban J connectivity index is 0.000000165. The molecule has 0 amide bonds. The molecule has 0 saturated heterocycles. The van der Waals surface area contributed by atoms with Crippen molar-refractivity contribution in [1.29, 1.82) is 0 Å². The molecule has 8 rings (SSSR count). The largest absolute Gasteiger partial charge is 0.0622 e. The fourth-order valence-corrected chi connectivity index (χ4v) is 10.7. The Morgan fingerprint density at radius 1 is 0.417 bits per heavy atom. The second-order valence-corrected chi connectivity index (χ2v) is 19.8. The third kappa shape index (κ3) is 15.3. The summed E-state index contributed by atoms with van der Waals surface area (Å²) in [5.41, 5.74) is 3.06. The molecule has 0 N–H and O–H groups in total. The second kappa shape index (κ2) is 27.0. The van der Waals surface area contributed by atoms with Crippen molar-refractivity contribution in [3.63, 3.8) is 0 Å². The summed E-state index contributed by atoms with van der Waals surface area (Å²) in [4.78, 5) is 10.8. The number of rotatable bonds is 10. The van der Waals surface area contributed by atoms with E-state index in [1.165, 1.54) is 38.8 Å². The number of esters is 1. The van der Waals surface area contributed by atoms with Crippen LogP contribution in [-0.2, 0) is 24.7 Å². The fraction of sp³-hybridized carbons (Fsp3) is 0.0189. The maximum atomic E-state index is 10.8. The zero-order chi connectivity index (χ0) is 42.0. The van der Waals surface area contributed by atoms with E-state index in [9.17, 15) is 4.79 Å². The Morgan fingerprint density at radius 3 is 0.817 bits per heavy atom. The van der Waals surface area contributed by atoms with Crippen molar-refractivity contribution in [2.24, 2.45) is 0 Å². The van der Waals surface area contributed by atoms with Crippen molar-refractivity contribution < 1.29 is 24.7 Å². The van der Waals surface area contributed by atoms with Gasteiger partial charge in [0.1, 0.15) is 0 Å². The van der Waals surface area contributed by atoms with Gasteiger partial charge >= 0.3 is 40.5 Å². The molecule has 0 aliphatic carbocycles. The molecule has 0 aromatic heterocycles. The molecule has 2 nitrogen and oxygen atoms in total. The maximum Gasteiger partial charge on any atom is -0.0134 e. The average molecular weight is 947 g/mol. The number of hydrogen-bond donors (Lipinski definition) is 0. The first-order valence-electron chi connectivity index (χ1n) is 19.1. The van der Waals surface area contributed by atoms with Crippen LogP contribution < -0.4 is 31.8 Å². The number of carbonyl (C=O) groups is 1. The van der Waals surface area contributed by atoms with Crippen LogP contribution >= 0.6 is 35.2 Å². The van der Waals surface area contributed by atoms with E-state index in [4.69, 9.17) is 24.1 Å². The average Bonchev–Trinajstić information content (AvgIpc) is 3.31. The maximum absolute atomic E-state index is 10.8. The molecular weight excluding hydrogens is 903 g/mol. The van der Waals surface area contributed by atoms with Crippen LogP contribution in [0.2, 0.25) is 0 Å². The monoisotopic (exact) mass is 946 g/mol. The van der Waals surface area contributed by atoms with Crippen molar-refractivity contribution in [2.75, 3.05) is 0 Å². The van der Waals surface area contributed by atoms with Crippen LogP contribution in [0.4, 0.5) is 0 Å². The molecule has 7 heteroatoms. The number of halogens is 2. The molecule has 0 aliphatic heterocycles. The summed E-state index contributed by atoms with van der Waals surface area (Å²) < 4.78 is 4.75. The van der Waals surface area contributed by atoms with Gasteiger partial charge in [0.25, 0.3) is 0 Å². The Morgan fingerprint density at radius 2 is 0.617 bits per heavy atom. The minimum Gasteiger partial charge on any atom is -0.0622 e. The van der Waals surface area contributed by atoms with Gasteiger partial charge in [0.15, 0.2) is 0 Å². The first kappa shape index (κ1) is 46.1. The van der Waals surface area contributed by atoms with E-state index in [2.05, 4.69) is 189 Å². The SMILES string of the molecule is CC(=O)O[C]C=C(c1ccccc1)c1ccccc1.[Cl][Ru][Cl].c1ccc(P(c2ccccc2)c2ccccc2)cc1.c1ccc(P(c2ccccc2)c2ccccc2)cc1. The van der Waals surface area contributed by atoms with Gasteiger partial charge in [0.2, 0.25) is 6.61 Å². The quantitative estimate of drug-likeness (QED) is 0.0776. The van der Waals surface area contributed by atoms with Crippen molar-refractivity contribution in [2.45, 2.75) is 6.92 Å². The second-order valence-electron chi connectivity index (χ2n) is 12.7. The van der Waals surface area contributed by atoms with E-state index in [0.29, 0.717) is 0 Å². The van der Waals surface area contributed by atoms with E-state index in [1.54, 1.807) is 6.08 Å². The van der Waals surface area contributed by atoms with E-state index >= 15 is 0 Å². The van der Waals surface area contributed by atoms with Gasteiger partial charge in [-0.3, -0.25) is 4.79 Å². The third-order valence-corrected chi connectivity index (χ3v) is 13.5. The van der Waals surface area contributed by atoms with Crippen LogP contribution in [0, 0.1) is 6.61 Å². The molecular formula is C53H44Cl2O2P2Ru. The van der Waals surface area contributed by atoms with E-state index in [0.717, 1.165) is 16.7 Å². The van der Waals surface area contributed by atoms with Crippen LogP contribution in [0.3, 0.4) is 0 Å². The van der Waals surface area contributed by atoms with Crippen molar-refractivity contribution in [1.82, 2.24) is 0 Å². The molecule has 8 aromatic carbocycles. The molecule has 0 spiro atoms. The molecule has 0 saturated carbocycles. The summed E-state index contributed by atoms with van der Waals surface area (Å²) >= 11 is -0.346. The minimum atomic E-state index is -0.446. The smallest absolute Gasteiger partial charge is 0.0134 e. The molecule has 0 heterocycles. The normalized spacial score (nSPS) is 10.2. The van der Waals surface area contributed by atoms with Gasteiger partial charge in [-0.15, -0.1) is 0 Å². The Bertz CT molecular complexity index is 2030. The van der Waals surface area contributed by atoms with Crippen LogP contribution in [0.5, 0.6) is 0 Å². The number of hydrogen-bond acceptors (Lipinski definition) is 2. The van der Waals surface area contributed by atoms with Gasteiger partial charge in [-0.1, -0.05) is 243 Å². The van der Waals surface area contributed by atoms with Gasteiger partial charge in [-0.05, 0) is 70.4 Å². The van der Waals surface area contributed by atoms with Crippen LogP contribution in [-0.4, -0.2) is 5.97 Å². The van der Waals surface area contributed by atoms with Crippen LogP contribution in [0.1, 0.15) is 18.1 Å². The molecule has 0 bridgehead atoms. The fourth-order valence-electron chi connectivity index (χ4n) is 6.10. The van der Waals surface area contributed by atoms with Gasteiger partial charge < -0.3 is 4.74 Å². The standard InChI is InChI=1S/2C18H15P.C17H14O2.2ClH.Ru/c2*1-4-10-16(11-5-1)19(17-12-6-2-7-13-17)18-14-8-3-9-15-18;1-14(18)19-13-12-17(15-8-4-2-5-9-15)16-10-6-3-7-11-16;;;/h2*1-15H;2-12H,1H3;2*1H;/q;;;;;+2/p-2. The molecule has 0 aliphatic rings. The van der Waals surface area contributed by atoms with E-state index in [1.807, 2.05) is 60.7 Å². The zero-order valence-corrected chi connectivity index (χ0v) is 38.0. The summed E-state index contributed by atoms with van der Waals surface area (Å²) in [7, 11) is 8.82. The molecule has 2 radical (unpaired) electrons. The zero-order valence-electron chi connectivity index (χ0n) is 33.0. The summed E-state index contributed by atoms with van der Waals surface area (Å²) in [5, 5.41) is 8.39. The first-order valence-corrected chi connectivity index (χ1v) is 26.2. The summed E-state index contributed by atoms with van der Waals surface area (Å²) in [5.74, 6) is -0.378. The van der Waals surface area contributed by atoms with Gasteiger partial charge in [0, 0.05) is 6.92 Å². The van der Waals surface area contributed by atoms with E-state index in [-0.39, 0.29) is 21.1 Å². The number of benzene rings is 8. The molecule has 0 fully saturated rings. The minimum absolute atomic E-state index is 0.346. The van der Waals surface area contributed by atoms with Gasteiger partial charge in [-0.25, -0.2) is 0 Å². The van der Waals surface area contributed by atoms with Crippen molar-refractivity contribution >= 4 is 78.6 Å². The number of carbonyl (C=O) groups excluding carboxylic acids is 1. The van der Waals surface area contributed by atoms with Crippen LogP contribution in [0.15, 0.2) is 249 Å². The predicted molar refractivity (Wildman–Crippen MR) is 257 cm³/mol. The first-order chi connectivity index (χ1) is 29.6. The van der Waals surface area contributed by atoms with Crippen molar-refractivity contribution in [3.8, 4) is 0 Å². The Kier molecular flexibility index (Phi) is 20.7. The summed E-state index contributed by atoms with van der Waals surface area (Å²) in [6.07, 6.45) is 1.69. The molecule has 300 valence electrons. The van der Waals surface area contributed by atoms with Crippen molar-refractivity contribution in [3.05, 3.63) is 266 Å². The molecule has 8 aromatic rings. The molecule has 0 unspecified atom stereocenters. The topological polar surface area (TPSA) is 26.3 Å². The van der Waals surface area contributed by atoms with Crippen LogP contribution in [0.25, 0.3) is 5.57 Å². The molecule has 0 atom stereocenters. The van der Waals surface area contributed by atoms with Gasteiger partial charge in [0.05, 0.1) is 0 Å². The van der Waals surface area contributed by atoms with E-state index < -0.39 is 15.8 Å². The van der Waals surface area contributed by atoms with Gasteiger partial charge in [-0.2, -0.15) is 0 Å². The number of ether oxygens (including phenoxy) is 1.